The molecule has 120 valence electrons. The zero-order chi connectivity index (χ0) is 15.8. The van der Waals surface area contributed by atoms with Crippen molar-refractivity contribution in [2.45, 2.75) is 57.0 Å². The maximum atomic E-state index is 12.9. The van der Waals surface area contributed by atoms with E-state index < -0.39 is 10.1 Å². The average molecular weight is 321 g/mol. The summed E-state index contributed by atoms with van der Waals surface area (Å²) in [6, 6.07) is 6.24. The Bertz CT molecular complexity index is 672. The van der Waals surface area contributed by atoms with E-state index in [0.29, 0.717) is 0 Å². The van der Waals surface area contributed by atoms with E-state index >= 15 is 0 Å². The van der Waals surface area contributed by atoms with Crippen molar-refractivity contribution in [1.29, 1.82) is 0 Å². The Hall–Kier alpha value is -0.845. The lowest BCUT2D eigenvalue weighted by atomic mass is 9.78. The Morgan fingerprint density at radius 2 is 1.91 bits per heavy atom. The van der Waals surface area contributed by atoms with E-state index in [1.165, 1.54) is 5.56 Å². The molecule has 4 rings (SSSR count). The lowest BCUT2D eigenvalue weighted by Crippen LogP contribution is -2.41. The third-order valence-electron chi connectivity index (χ3n) is 5.74. The van der Waals surface area contributed by atoms with Crippen LogP contribution in [0, 0.1) is 0 Å². The van der Waals surface area contributed by atoms with Gasteiger partial charge in [-0.15, -0.1) is 0 Å². The molecule has 3 aliphatic rings. The molecular formula is C16H24BNO3S. The Morgan fingerprint density at radius 3 is 2.59 bits per heavy atom. The van der Waals surface area contributed by atoms with Gasteiger partial charge in [-0.2, -0.15) is 0 Å². The van der Waals surface area contributed by atoms with Crippen molar-refractivity contribution in [2.75, 3.05) is 10.5 Å². The van der Waals surface area contributed by atoms with Gasteiger partial charge in [-0.25, -0.2) is 0 Å². The van der Waals surface area contributed by atoms with Crippen molar-refractivity contribution in [3.05, 3.63) is 23.8 Å². The SMILES string of the molecule is CC1(C)OB(c2ccc3c(c2)N[SH]2(=O)CCCC32)OC1(C)C. The molecule has 2 fully saturated rings. The molecule has 1 aromatic carbocycles. The van der Waals surface area contributed by atoms with E-state index in [1.54, 1.807) is 0 Å². The molecule has 0 bridgehead atoms. The Labute approximate surface area is 133 Å². The molecule has 2 saturated heterocycles. The molecule has 6 heteroatoms. The number of fused-ring (bicyclic) bond motifs is 3. The van der Waals surface area contributed by atoms with Crippen molar-refractivity contribution in [3.63, 3.8) is 0 Å². The summed E-state index contributed by atoms with van der Waals surface area (Å²) in [5, 5.41) is 0.217. The van der Waals surface area contributed by atoms with Crippen molar-refractivity contribution < 1.29 is 13.5 Å². The quantitative estimate of drug-likeness (QED) is 0.616. The van der Waals surface area contributed by atoms with Crippen LogP contribution in [0.4, 0.5) is 5.69 Å². The monoisotopic (exact) mass is 321 g/mol. The molecule has 0 aliphatic carbocycles. The Kier molecular flexibility index (Phi) is 2.92. The van der Waals surface area contributed by atoms with Gasteiger partial charge in [0.05, 0.1) is 16.5 Å². The van der Waals surface area contributed by atoms with E-state index in [1.807, 2.05) is 0 Å². The molecule has 4 nitrogen and oxygen atoms in total. The Balaban J connectivity index is 1.66. The highest BCUT2D eigenvalue weighted by Crippen LogP contribution is 2.48. The lowest BCUT2D eigenvalue weighted by molar-refractivity contribution is 0.00578. The van der Waals surface area contributed by atoms with Crippen LogP contribution in [0.1, 0.15) is 51.3 Å². The van der Waals surface area contributed by atoms with Gasteiger partial charge < -0.3 is 14.0 Å². The highest BCUT2D eigenvalue weighted by atomic mass is 32.3. The van der Waals surface area contributed by atoms with Gasteiger partial charge in [0.1, 0.15) is 0 Å². The minimum absolute atomic E-state index is 0.217. The molecule has 1 N–H and O–H groups in total. The maximum absolute atomic E-state index is 12.9. The molecule has 0 aromatic heterocycles. The molecule has 0 spiro atoms. The van der Waals surface area contributed by atoms with Gasteiger partial charge in [0.2, 0.25) is 0 Å². The summed E-state index contributed by atoms with van der Waals surface area (Å²) >= 11 is 0. The topological polar surface area (TPSA) is 47.6 Å². The molecule has 1 atom stereocenters. The number of hydrogen-bond donors (Lipinski definition) is 2. The van der Waals surface area contributed by atoms with Crippen molar-refractivity contribution in [3.8, 4) is 0 Å². The van der Waals surface area contributed by atoms with E-state index in [4.69, 9.17) is 9.31 Å². The first-order valence-corrected chi connectivity index (χ1v) is 10.0. The first-order valence-electron chi connectivity index (χ1n) is 8.08. The third kappa shape index (κ3) is 1.93. The fourth-order valence-corrected chi connectivity index (χ4v) is 6.80. The molecule has 1 unspecified atom stereocenters. The molecule has 0 radical (unpaired) electrons. The van der Waals surface area contributed by atoms with Gasteiger partial charge in [-0.3, -0.25) is 4.21 Å². The van der Waals surface area contributed by atoms with Gasteiger partial charge in [0, 0.05) is 11.4 Å². The first-order chi connectivity index (χ1) is 10.2. The average Bonchev–Trinajstić information content (AvgIpc) is 2.96. The minimum Gasteiger partial charge on any atom is -0.399 e. The molecular weight excluding hydrogens is 297 g/mol. The van der Waals surface area contributed by atoms with Gasteiger partial charge in [0.15, 0.2) is 0 Å². The molecule has 22 heavy (non-hydrogen) atoms. The van der Waals surface area contributed by atoms with E-state index in [2.05, 4.69) is 50.6 Å². The zero-order valence-electron chi connectivity index (χ0n) is 13.7. The van der Waals surface area contributed by atoms with Gasteiger partial charge in [0.25, 0.3) is 0 Å². The second kappa shape index (κ2) is 4.37. The van der Waals surface area contributed by atoms with Crippen LogP contribution in [-0.2, 0) is 19.4 Å². The fourth-order valence-electron chi connectivity index (χ4n) is 3.69. The van der Waals surface area contributed by atoms with Gasteiger partial charge >= 0.3 is 7.12 Å². The summed E-state index contributed by atoms with van der Waals surface area (Å²) < 4.78 is 28.4. The summed E-state index contributed by atoms with van der Waals surface area (Å²) in [6.07, 6.45) is 2.10. The zero-order valence-corrected chi connectivity index (χ0v) is 14.6. The van der Waals surface area contributed by atoms with Gasteiger partial charge in [-0.05, 0) is 67.7 Å². The molecule has 0 saturated carbocycles. The van der Waals surface area contributed by atoms with Crippen LogP contribution in [-0.4, -0.2) is 28.3 Å². The molecule has 1 aromatic rings. The van der Waals surface area contributed by atoms with E-state index in [-0.39, 0.29) is 23.6 Å². The Morgan fingerprint density at radius 1 is 1.23 bits per heavy atom. The van der Waals surface area contributed by atoms with Crippen LogP contribution in [0.15, 0.2) is 18.2 Å². The lowest BCUT2D eigenvalue weighted by Gasteiger charge is -2.32. The summed E-state index contributed by atoms with van der Waals surface area (Å²) in [7, 11) is -2.61. The van der Waals surface area contributed by atoms with Crippen LogP contribution < -0.4 is 10.2 Å². The molecule has 3 heterocycles. The largest absolute Gasteiger partial charge is 0.494 e. The number of rotatable bonds is 1. The van der Waals surface area contributed by atoms with E-state index in [9.17, 15) is 4.21 Å². The summed E-state index contributed by atoms with van der Waals surface area (Å²) in [6.45, 7) is 8.23. The summed E-state index contributed by atoms with van der Waals surface area (Å²) in [4.78, 5) is 0. The second-order valence-corrected chi connectivity index (χ2v) is 10.6. The fraction of sp³-hybridized carbons (Fsp3) is 0.625. The number of thiol groups is 1. The highest BCUT2D eigenvalue weighted by molar-refractivity contribution is 8.05. The van der Waals surface area contributed by atoms with Crippen molar-refractivity contribution >= 4 is 28.4 Å². The van der Waals surface area contributed by atoms with Gasteiger partial charge in [-0.1, -0.05) is 12.1 Å². The second-order valence-electron chi connectivity index (χ2n) is 7.72. The predicted octanol–water partition coefficient (Wildman–Crippen LogP) is 2.18. The van der Waals surface area contributed by atoms with Crippen LogP contribution in [0.25, 0.3) is 0 Å². The summed E-state index contributed by atoms with van der Waals surface area (Å²) in [5.41, 5.74) is 2.54. The third-order valence-corrected chi connectivity index (χ3v) is 8.89. The number of hydrogen-bond acceptors (Lipinski definition) is 3. The van der Waals surface area contributed by atoms with Crippen LogP contribution in [0.2, 0.25) is 0 Å². The van der Waals surface area contributed by atoms with E-state index in [0.717, 1.165) is 29.7 Å². The standard InChI is InChI=1S/C16H24BNO3S/c1-15(2)16(3,4)21-17(20-15)11-7-8-12-13(10-11)18-22(19)9-5-6-14(12)22/h7-8,10,14,22H,5-6,9H2,1-4H3,(H,18,19). The van der Waals surface area contributed by atoms with Crippen molar-refractivity contribution in [1.82, 2.24) is 0 Å². The summed E-state index contributed by atoms with van der Waals surface area (Å²) in [5.74, 6) is 0.818. The first kappa shape index (κ1) is 14.7. The molecule has 0 amide bonds. The van der Waals surface area contributed by atoms with Crippen LogP contribution in [0.5, 0.6) is 0 Å². The number of benzene rings is 1. The number of anilines is 1. The van der Waals surface area contributed by atoms with Crippen molar-refractivity contribution in [2.24, 2.45) is 0 Å². The van der Waals surface area contributed by atoms with Crippen LogP contribution in [0.3, 0.4) is 0 Å². The molecule has 3 aliphatic heterocycles. The number of nitrogens with one attached hydrogen (secondary N) is 1. The smallest absolute Gasteiger partial charge is 0.399 e. The normalized spacial score (nSPS) is 31.5. The maximum Gasteiger partial charge on any atom is 0.494 e. The minimum atomic E-state index is -2.25. The highest BCUT2D eigenvalue weighted by Gasteiger charge is 2.52. The van der Waals surface area contributed by atoms with Crippen LogP contribution >= 0.6 is 0 Å². The predicted molar refractivity (Wildman–Crippen MR) is 92.2 cm³/mol.